The van der Waals surface area contributed by atoms with E-state index in [9.17, 15) is 13.2 Å². The van der Waals surface area contributed by atoms with Crippen molar-refractivity contribution in [1.29, 1.82) is 0 Å². The van der Waals surface area contributed by atoms with Gasteiger partial charge in [0.15, 0.2) is 21.3 Å². The van der Waals surface area contributed by atoms with Gasteiger partial charge in [0, 0.05) is 29.2 Å². The van der Waals surface area contributed by atoms with Gasteiger partial charge in [-0.2, -0.15) is 0 Å². The van der Waals surface area contributed by atoms with Crippen LogP contribution in [-0.2, 0) is 16.4 Å². The Balaban J connectivity index is 1.59. The second kappa shape index (κ2) is 9.34. The first-order valence-corrected chi connectivity index (χ1v) is 12.5. The fourth-order valence-electron chi connectivity index (χ4n) is 3.76. The molecule has 0 radical (unpaired) electrons. The van der Waals surface area contributed by atoms with Gasteiger partial charge in [-0.25, -0.2) is 8.42 Å². The minimum absolute atomic E-state index is 0.0627. The number of rotatable bonds is 7. The van der Waals surface area contributed by atoms with E-state index in [2.05, 4.69) is 5.16 Å². The van der Waals surface area contributed by atoms with E-state index in [0.717, 1.165) is 16.9 Å². The molecule has 1 fully saturated rings. The number of carbonyl (C=O) groups is 1. The summed E-state index contributed by atoms with van der Waals surface area (Å²) >= 11 is 6.10. The van der Waals surface area contributed by atoms with E-state index in [1.54, 1.807) is 29.2 Å². The largest absolute Gasteiger partial charge is 0.494 e. The van der Waals surface area contributed by atoms with E-state index in [1.807, 2.05) is 37.3 Å². The van der Waals surface area contributed by atoms with Crippen molar-refractivity contribution in [2.45, 2.75) is 25.9 Å². The minimum Gasteiger partial charge on any atom is -0.494 e. The van der Waals surface area contributed by atoms with Gasteiger partial charge in [0.05, 0.1) is 18.1 Å². The van der Waals surface area contributed by atoms with E-state index < -0.39 is 15.9 Å². The van der Waals surface area contributed by atoms with Crippen molar-refractivity contribution in [1.82, 2.24) is 10.1 Å². The van der Waals surface area contributed by atoms with Crippen LogP contribution in [0.25, 0.3) is 11.3 Å². The van der Waals surface area contributed by atoms with Gasteiger partial charge >= 0.3 is 0 Å². The number of sulfone groups is 1. The lowest BCUT2D eigenvalue weighted by Crippen LogP contribution is -2.40. The summed E-state index contributed by atoms with van der Waals surface area (Å²) in [6, 6.07) is 15.6. The Morgan fingerprint density at radius 2 is 2.00 bits per heavy atom. The third kappa shape index (κ3) is 5.14. The van der Waals surface area contributed by atoms with Crippen molar-refractivity contribution in [3.05, 3.63) is 70.9 Å². The van der Waals surface area contributed by atoms with Crippen LogP contribution < -0.4 is 4.74 Å². The number of ether oxygens (including phenoxy) is 1. The predicted octanol–water partition coefficient (Wildman–Crippen LogP) is 4.22. The Morgan fingerprint density at radius 3 is 2.66 bits per heavy atom. The van der Waals surface area contributed by atoms with E-state index in [-0.39, 0.29) is 29.7 Å². The molecular formula is C23H23ClN2O5S. The van der Waals surface area contributed by atoms with E-state index in [0.29, 0.717) is 23.8 Å². The van der Waals surface area contributed by atoms with Crippen LogP contribution in [0.4, 0.5) is 0 Å². The lowest BCUT2D eigenvalue weighted by molar-refractivity contribution is 0.0670. The molecule has 1 aliphatic rings. The number of aromatic nitrogens is 1. The minimum atomic E-state index is -3.18. The highest BCUT2D eigenvalue weighted by atomic mass is 35.5. The lowest BCUT2D eigenvalue weighted by atomic mass is 10.1. The second-order valence-electron chi connectivity index (χ2n) is 7.65. The highest BCUT2D eigenvalue weighted by Gasteiger charge is 2.36. The molecule has 32 heavy (non-hydrogen) atoms. The lowest BCUT2D eigenvalue weighted by Gasteiger charge is -2.27. The standard InChI is InChI=1S/C23H23ClN2O5S/c1-2-30-20-8-6-17(7-9-20)22-13-21(25-31-22)23(27)26(19-10-11-32(28,29)15-19)14-16-4-3-5-18(24)12-16/h3-9,12-13,19H,2,10-11,14-15H2,1H3/t19-/m0/s1. The fourth-order valence-corrected chi connectivity index (χ4v) is 5.70. The summed E-state index contributed by atoms with van der Waals surface area (Å²) in [5.41, 5.74) is 1.69. The maximum absolute atomic E-state index is 13.4. The van der Waals surface area contributed by atoms with Crippen LogP contribution in [-0.4, -0.2) is 48.5 Å². The zero-order chi connectivity index (χ0) is 22.7. The molecule has 7 nitrogen and oxygen atoms in total. The molecule has 168 valence electrons. The summed E-state index contributed by atoms with van der Waals surface area (Å²) in [5.74, 6) is 0.796. The summed E-state index contributed by atoms with van der Waals surface area (Å²) in [6.07, 6.45) is 0.387. The first kappa shape index (κ1) is 22.4. The molecule has 0 unspecified atom stereocenters. The van der Waals surface area contributed by atoms with Gasteiger partial charge in [0.1, 0.15) is 5.75 Å². The molecule has 9 heteroatoms. The molecule has 1 atom stereocenters. The molecule has 0 N–H and O–H groups in total. The number of benzene rings is 2. The van der Waals surface area contributed by atoms with E-state index in [4.69, 9.17) is 20.9 Å². The molecule has 3 aromatic rings. The normalized spacial score (nSPS) is 17.2. The topological polar surface area (TPSA) is 89.7 Å². The number of hydrogen-bond donors (Lipinski definition) is 0. The molecule has 2 heterocycles. The summed E-state index contributed by atoms with van der Waals surface area (Å²) in [5, 5.41) is 4.52. The van der Waals surface area contributed by atoms with Gasteiger partial charge in [-0.15, -0.1) is 0 Å². The van der Waals surface area contributed by atoms with Crippen molar-refractivity contribution in [2.75, 3.05) is 18.1 Å². The Labute approximate surface area is 191 Å². The van der Waals surface area contributed by atoms with Crippen molar-refractivity contribution in [2.24, 2.45) is 0 Å². The maximum atomic E-state index is 13.4. The smallest absolute Gasteiger partial charge is 0.276 e. The molecule has 0 spiro atoms. The van der Waals surface area contributed by atoms with Crippen molar-refractivity contribution < 1.29 is 22.5 Å². The molecular weight excluding hydrogens is 452 g/mol. The van der Waals surface area contributed by atoms with Gasteiger partial charge in [-0.1, -0.05) is 28.9 Å². The molecule has 1 amide bonds. The second-order valence-corrected chi connectivity index (χ2v) is 10.3. The monoisotopic (exact) mass is 474 g/mol. The van der Waals surface area contributed by atoms with E-state index >= 15 is 0 Å². The molecule has 1 aliphatic heterocycles. The average Bonchev–Trinajstić information content (AvgIpc) is 3.39. The summed E-state index contributed by atoms with van der Waals surface area (Å²) < 4.78 is 35.0. The van der Waals surface area contributed by atoms with Gasteiger partial charge in [0.2, 0.25) is 0 Å². The summed E-state index contributed by atoms with van der Waals surface area (Å²) in [4.78, 5) is 14.9. The SMILES string of the molecule is CCOc1ccc(-c2cc(C(=O)N(Cc3cccc(Cl)c3)[C@H]3CCS(=O)(=O)C3)no2)cc1. The van der Waals surface area contributed by atoms with Crippen LogP contribution in [0.5, 0.6) is 5.75 Å². The van der Waals surface area contributed by atoms with Crippen LogP contribution in [0.15, 0.2) is 59.1 Å². The van der Waals surface area contributed by atoms with Gasteiger partial charge < -0.3 is 14.2 Å². The van der Waals surface area contributed by atoms with E-state index in [1.165, 1.54) is 0 Å². The fraction of sp³-hybridized carbons (Fsp3) is 0.304. The molecule has 4 rings (SSSR count). The highest BCUT2D eigenvalue weighted by molar-refractivity contribution is 7.91. The molecule has 0 bridgehead atoms. The molecule has 1 aromatic heterocycles. The van der Waals surface area contributed by atoms with Crippen LogP contribution in [0, 0.1) is 0 Å². The van der Waals surface area contributed by atoms with Crippen molar-refractivity contribution in [3.8, 4) is 17.1 Å². The van der Waals surface area contributed by atoms with Crippen molar-refractivity contribution >= 4 is 27.3 Å². The maximum Gasteiger partial charge on any atom is 0.276 e. The quantitative estimate of drug-likeness (QED) is 0.509. The number of amides is 1. The Hall–Kier alpha value is -2.84. The number of carbonyl (C=O) groups excluding carboxylic acids is 1. The molecule has 1 saturated heterocycles. The van der Waals surface area contributed by atoms with Crippen LogP contribution in [0.1, 0.15) is 29.4 Å². The zero-order valence-electron chi connectivity index (χ0n) is 17.5. The number of halogens is 1. The van der Waals surface area contributed by atoms with Crippen LogP contribution in [0.3, 0.4) is 0 Å². The Kier molecular flexibility index (Phi) is 6.53. The molecule has 2 aromatic carbocycles. The summed E-state index contributed by atoms with van der Waals surface area (Å²) in [6.45, 7) is 2.71. The average molecular weight is 475 g/mol. The van der Waals surface area contributed by atoms with Crippen molar-refractivity contribution in [3.63, 3.8) is 0 Å². The van der Waals surface area contributed by atoms with Crippen LogP contribution in [0.2, 0.25) is 5.02 Å². The predicted molar refractivity (Wildman–Crippen MR) is 121 cm³/mol. The zero-order valence-corrected chi connectivity index (χ0v) is 19.1. The highest BCUT2D eigenvalue weighted by Crippen LogP contribution is 2.26. The van der Waals surface area contributed by atoms with Gasteiger partial charge in [-0.05, 0) is 55.3 Å². The Morgan fingerprint density at radius 1 is 1.22 bits per heavy atom. The number of hydrogen-bond acceptors (Lipinski definition) is 6. The third-order valence-corrected chi connectivity index (χ3v) is 7.32. The molecule has 0 aliphatic carbocycles. The van der Waals surface area contributed by atoms with Gasteiger partial charge in [-0.3, -0.25) is 4.79 Å². The Bertz CT molecular complexity index is 1210. The first-order chi connectivity index (χ1) is 15.3. The first-order valence-electron chi connectivity index (χ1n) is 10.3. The number of nitrogens with zero attached hydrogens (tertiary/aromatic N) is 2. The third-order valence-electron chi connectivity index (χ3n) is 5.33. The molecule has 0 saturated carbocycles. The summed E-state index contributed by atoms with van der Waals surface area (Å²) in [7, 11) is -3.18. The van der Waals surface area contributed by atoms with Crippen LogP contribution >= 0.6 is 11.6 Å². The van der Waals surface area contributed by atoms with Gasteiger partial charge in [0.25, 0.3) is 5.91 Å².